The van der Waals surface area contributed by atoms with Gasteiger partial charge in [0, 0.05) is 19.4 Å². The first-order chi connectivity index (χ1) is 8.36. The van der Waals surface area contributed by atoms with Crippen LogP contribution in [-0.4, -0.2) is 41.3 Å². The molecule has 106 valence electrons. The lowest BCUT2D eigenvalue weighted by molar-refractivity contribution is -0.147. The third kappa shape index (κ3) is 8.03. The monoisotopic (exact) mass is 260 g/mol. The van der Waals surface area contributed by atoms with Crippen molar-refractivity contribution in [3.8, 4) is 0 Å². The van der Waals surface area contributed by atoms with Gasteiger partial charge in [0.2, 0.25) is 5.91 Å². The summed E-state index contributed by atoms with van der Waals surface area (Å²) in [6.07, 6.45) is -0.177. The van der Waals surface area contributed by atoms with Crippen molar-refractivity contribution in [2.45, 2.75) is 39.2 Å². The highest BCUT2D eigenvalue weighted by Gasteiger charge is 2.15. The molecule has 0 bridgehead atoms. The van der Waals surface area contributed by atoms with Gasteiger partial charge in [-0.2, -0.15) is 0 Å². The van der Waals surface area contributed by atoms with Gasteiger partial charge < -0.3 is 21.3 Å². The number of rotatable bonds is 9. The Labute approximate surface area is 108 Å². The van der Waals surface area contributed by atoms with Crippen molar-refractivity contribution in [3.05, 3.63) is 0 Å². The zero-order valence-electron chi connectivity index (χ0n) is 11.1. The molecule has 1 amide bonds. The van der Waals surface area contributed by atoms with E-state index in [0.29, 0.717) is 18.9 Å². The van der Waals surface area contributed by atoms with Crippen molar-refractivity contribution in [3.63, 3.8) is 0 Å². The van der Waals surface area contributed by atoms with E-state index >= 15 is 0 Å². The molecule has 0 unspecified atom stereocenters. The number of hydrogen-bond donors (Lipinski definition) is 4. The third-order valence-corrected chi connectivity index (χ3v) is 2.64. The van der Waals surface area contributed by atoms with E-state index < -0.39 is 12.1 Å². The van der Waals surface area contributed by atoms with Gasteiger partial charge in [-0.15, -0.1) is 0 Å². The van der Waals surface area contributed by atoms with Crippen molar-refractivity contribution in [1.82, 2.24) is 5.32 Å². The summed E-state index contributed by atoms with van der Waals surface area (Å²) in [4.78, 5) is 21.9. The lowest BCUT2D eigenvalue weighted by atomic mass is 9.94. The standard InChI is InChI=1S/C12H24N2O4/c1-8(2)5-9(7-13)6-11(16)14-4-3-10(15)12(17)18/h8-10,15H,3-7,13H2,1-2H3,(H,14,16)(H,17,18)/t9-,10-/m0/s1. The Morgan fingerprint density at radius 1 is 1.33 bits per heavy atom. The Morgan fingerprint density at radius 3 is 2.39 bits per heavy atom. The highest BCUT2D eigenvalue weighted by molar-refractivity contribution is 5.76. The topological polar surface area (TPSA) is 113 Å². The summed E-state index contributed by atoms with van der Waals surface area (Å²) in [5.74, 6) is -0.790. The molecule has 0 saturated carbocycles. The molecule has 6 heteroatoms. The largest absolute Gasteiger partial charge is 0.479 e. The number of hydrogen-bond acceptors (Lipinski definition) is 4. The van der Waals surface area contributed by atoms with Crippen molar-refractivity contribution in [2.24, 2.45) is 17.6 Å². The van der Waals surface area contributed by atoms with Crippen LogP contribution in [0.15, 0.2) is 0 Å². The Bertz CT molecular complexity index is 269. The first-order valence-corrected chi connectivity index (χ1v) is 6.24. The van der Waals surface area contributed by atoms with E-state index in [2.05, 4.69) is 19.2 Å². The summed E-state index contributed by atoms with van der Waals surface area (Å²) in [6, 6.07) is 0. The molecule has 0 spiro atoms. The molecule has 0 rings (SSSR count). The van der Waals surface area contributed by atoms with E-state index in [-0.39, 0.29) is 24.8 Å². The highest BCUT2D eigenvalue weighted by Crippen LogP contribution is 2.13. The van der Waals surface area contributed by atoms with Crippen molar-refractivity contribution in [1.29, 1.82) is 0 Å². The number of nitrogens with one attached hydrogen (secondary N) is 1. The number of amides is 1. The summed E-state index contributed by atoms with van der Waals surface area (Å²) in [5, 5.41) is 20.1. The van der Waals surface area contributed by atoms with Gasteiger partial charge in [0.25, 0.3) is 0 Å². The molecule has 0 aliphatic rings. The SMILES string of the molecule is CC(C)C[C@H](CN)CC(=O)NCC[C@H](O)C(=O)O. The Balaban J connectivity index is 3.85. The molecule has 6 nitrogen and oxygen atoms in total. The molecule has 0 heterocycles. The number of aliphatic carboxylic acids is 1. The first kappa shape index (κ1) is 16.9. The predicted molar refractivity (Wildman–Crippen MR) is 67.9 cm³/mol. The van der Waals surface area contributed by atoms with Crippen LogP contribution in [0.2, 0.25) is 0 Å². The number of nitrogens with two attached hydrogens (primary N) is 1. The maximum atomic E-state index is 11.5. The summed E-state index contributed by atoms with van der Waals surface area (Å²) >= 11 is 0. The van der Waals surface area contributed by atoms with Crippen LogP contribution >= 0.6 is 0 Å². The lowest BCUT2D eigenvalue weighted by Crippen LogP contribution is -2.32. The predicted octanol–water partition coefficient (Wildman–Crippen LogP) is -0.0507. The van der Waals surface area contributed by atoms with Gasteiger partial charge >= 0.3 is 5.97 Å². The fourth-order valence-electron chi connectivity index (χ4n) is 1.74. The number of carbonyl (C=O) groups excluding carboxylic acids is 1. The van der Waals surface area contributed by atoms with Gasteiger partial charge in [-0.1, -0.05) is 13.8 Å². The van der Waals surface area contributed by atoms with Gasteiger partial charge in [0.1, 0.15) is 0 Å². The van der Waals surface area contributed by atoms with Gasteiger partial charge in [-0.3, -0.25) is 4.79 Å². The number of aliphatic hydroxyl groups is 1. The summed E-state index contributed by atoms with van der Waals surface area (Å²) in [6.45, 7) is 4.77. The van der Waals surface area contributed by atoms with Gasteiger partial charge in [-0.25, -0.2) is 4.79 Å². The Hall–Kier alpha value is -1.14. The molecular formula is C12H24N2O4. The van der Waals surface area contributed by atoms with Crippen LogP contribution < -0.4 is 11.1 Å². The fraction of sp³-hybridized carbons (Fsp3) is 0.833. The molecule has 0 fully saturated rings. The summed E-state index contributed by atoms with van der Waals surface area (Å²) in [5.41, 5.74) is 5.59. The molecule has 2 atom stereocenters. The van der Waals surface area contributed by atoms with Crippen LogP contribution in [0.4, 0.5) is 0 Å². The summed E-state index contributed by atoms with van der Waals surface area (Å²) < 4.78 is 0. The van der Waals surface area contributed by atoms with Crippen LogP contribution in [0, 0.1) is 11.8 Å². The molecule has 0 aromatic heterocycles. The molecular weight excluding hydrogens is 236 g/mol. The molecule has 0 aromatic rings. The zero-order chi connectivity index (χ0) is 14.1. The van der Waals surface area contributed by atoms with Crippen molar-refractivity contribution < 1.29 is 19.8 Å². The molecule has 0 aromatic carbocycles. The van der Waals surface area contributed by atoms with Crippen LogP contribution in [0.25, 0.3) is 0 Å². The summed E-state index contributed by atoms with van der Waals surface area (Å²) in [7, 11) is 0. The van der Waals surface area contributed by atoms with E-state index in [4.69, 9.17) is 15.9 Å². The molecule has 0 radical (unpaired) electrons. The average Bonchev–Trinajstić information content (AvgIpc) is 2.27. The maximum Gasteiger partial charge on any atom is 0.332 e. The van der Waals surface area contributed by atoms with Crippen LogP contribution in [0.1, 0.15) is 33.1 Å². The molecule has 0 aliphatic carbocycles. The zero-order valence-corrected chi connectivity index (χ0v) is 11.1. The molecule has 0 saturated heterocycles. The minimum absolute atomic E-state index is 0.0124. The minimum Gasteiger partial charge on any atom is -0.479 e. The van der Waals surface area contributed by atoms with Crippen LogP contribution in [0.5, 0.6) is 0 Å². The Morgan fingerprint density at radius 2 is 1.94 bits per heavy atom. The van der Waals surface area contributed by atoms with Crippen LogP contribution in [0.3, 0.4) is 0 Å². The molecule has 0 aliphatic heterocycles. The van der Waals surface area contributed by atoms with E-state index in [1.54, 1.807) is 0 Å². The van der Waals surface area contributed by atoms with Crippen molar-refractivity contribution >= 4 is 11.9 Å². The number of carboxylic acids is 1. The average molecular weight is 260 g/mol. The van der Waals surface area contributed by atoms with Gasteiger partial charge in [0.15, 0.2) is 6.10 Å². The second-order valence-corrected chi connectivity index (χ2v) is 4.93. The highest BCUT2D eigenvalue weighted by atomic mass is 16.4. The normalized spacial score (nSPS) is 14.3. The smallest absolute Gasteiger partial charge is 0.332 e. The maximum absolute atomic E-state index is 11.5. The van der Waals surface area contributed by atoms with Gasteiger partial charge in [-0.05, 0) is 24.8 Å². The van der Waals surface area contributed by atoms with Crippen molar-refractivity contribution in [2.75, 3.05) is 13.1 Å². The second-order valence-electron chi connectivity index (χ2n) is 4.93. The van der Waals surface area contributed by atoms with Crippen LogP contribution in [-0.2, 0) is 9.59 Å². The van der Waals surface area contributed by atoms with Gasteiger partial charge in [0.05, 0.1) is 0 Å². The number of carboxylic acid groups (broad SMARTS) is 1. The number of aliphatic hydroxyl groups excluding tert-OH is 1. The van der Waals surface area contributed by atoms with E-state index in [1.807, 2.05) is 0 Å². The minimum atomic E-state index is -1.42. The lowest BCUT2D eigenvalue weighted by Gasteiger charge is -2.16. The quantitative estimate of drug-likeness (QED) is 0.464. The third-order valence-electron chi connectivity index (χ3n) is 2.64. The second kappa shape index (κ2) is 8.88. The Kier molecular flexibility index (Phi) is 8.32. The fourth-order valence-corrected chi connectivity index (χ4v) is 1.74. The van der Waals surface area contributed by atoms with E-state index in [9.17, 15) is 9.59 Å². The van der Waals surface area contributed by atoms with E-state index in [0.717, 1.165) is 6.42 Å². The number of carbonyl (C=O) groups is 2. The molecule has 18 heavy (non-hydrogen) atoms. The first-order valence-electron chi connectivity index (χ1n) is 6.24. The molecule has 5 N–H and O–H groups in total. The van der Waals surface area contributed by atoms with E-state index in [1.165, 1.54) is 0 Å².